The molecule has 0 radical (unpaired) electrons. The van der Waals surface area contributed by atoms with E-state index in [0.29, 0.717) is 5.56 Å². The van der Waals surface area contributed by atoms with Gasteiger partial charge in [-0.25, -0.2) is 0 Å². The minimum Gasteiger partial charge on any atom is -0.263 e. The number of nitriles is 1. The Labute approximate surface area is 65.8 Å². The van der Waals surface area contributed by atoms with E-state index in [1.807, 2.05) is 6.07 Å². The number of allylic oxidation sites excluding steroid dienone is 1. The number of hydrogen-bond donors (Lipinski definition) is 0. The standard InChI is InChI=1S/C9H8N2/c1-2-3-8-4-5-11-7-9(8)6-10/h2,4-5,7H,1,3H2. The summed E-state index contributed by atoms with van der Waals surface area (Å²) >= 11 is 0. The van der Waals surface area contributed by atoms with Crippen molar-refractivity contribution in [2.75, 3.05) is 0 Å². The SMILES string of the molecule is C=CCc1ccncc1C#N. The smallest absolute Gasteiger partial charge is 0.101 e. The van der Waals surface area contributed by atoms with Gasteiger partial charge in [-0.3, -0.25) is 4.98 Å². The van der Waals surface area contributed by atoms with Gasteiger partial charge in [0.2, 0.25) is 0 Å². The molecule has 0 amide bonds. The third-order valence-electron chi connectivity index (χ3n) is 1.40. The molecule has 0 unspecified atom stereocenters. The van der Waals surface area contributed by atoms with Crippen LogP contribution in [0.4, 0.5) is 0 Å². The van der Waals surface area contributed by atoms with E-state index in [1.54, 1.807) is 18.5 Å². The number of pyridine rings is 1. The summed E-state index contributed by atoms with van der Waals surface area (Å²) in [5.41, 5.74) is 1.62. The van der Waals surface area contributed by atoms with Crippen LogP contribution in [0.2, 0.25) is 0 Å². The highest BCUT2D eigenvalue weighted by Gasteiger charge is 1.96. The van der Waals surface area contributed by atoms with Crippen LogP contribution in [-0.4, -0.2) is 4.98 Å². The van der Waals surface area contributed by atoms with E-state index in [9.17, 15) is 0 Å². The van der Waals surface area contributed by atoms with Gasteiger partial charge in [-0.05, 0) is 18.1 Å². The van der Waals surface area contributed by atoms with Crippen molar-refractivity contribution in [3.05, 3.63) is 42.2 Å². The largest absolute Gasteiger partial charge is 0.263 e. The summed E-state index contributed by atoms with van der Waals surface area (Å²) in [6.07, 6.45) is 5.75. The molecule has 0 fully saturated rings. The van der Waals surface area contributed by atoms with E-state index in [2.05, 4.69) is 17.6 Å². The van der Waals surface area contributed by atoms with Gasteiger partial charge < -0.3 is 0 Å². The van der Waals surface area contributed by atoms with Gasteiger partial charge in [0.05, 0.1) is 5.56 Å². The molecule has 1 rings (SSSR count). The Morgan fingerprint density at radius 2 is 2.55 bits per heavy atom. The molecule has 1 aromatic rings. The minimum atomic E-state index is 0.632. The Balaban J connectivity index is 3.04. The first-order chi connectivity index (χ1) is 5.38. The topological polar surface area (TPSA) is 36.7 Å². The molecular formula is C9H8N2. The van der Waals surface area contributed by atoms with E-state index in [0.717, 1.165) is 12.0 Å². The summed E-state index contributed by atoms with van der Waals surface area (Å²) < 4.78 is 0. The third kappa shape index (κ3) is 1.65. The van der Waals surface area contributed by atoms with Crippen molar-refractivity contribution in [2.45, 2.75) is 6.42 Å². The number of rotatable bonds is 2. The molecule has 0 saturated heterocycles. The van der Waals surface area contributed by atoms with Crippen LogP contribution in [0.1, 0.15) is 11.1 Å². The lowest BCUT2D eigenvalue weighted by atomic mass is 10.1. The van der Waals surface area contributed by atoms with Crippen LogP contribution in [0.5, 0.6) is 0 Å². The van der Waals surface area contributed by atoms with Crippen molar-refractivity contribution in [3.63, 3.8) is 0 Å². The quantitative estimate of drug-likeness (QED) is 0.592. The van der Waals surface area contributed by atoms with Crippen LogP contribution in [0.3, 0.4) is 0 Å². The van der Waals surface area contributed by atoms with E-state index >= 15 is 0 Å². The lowest BCUT2D eigenvalue weighted by molar-refractivity contribution is 1.19. The van der Waals surface area contributed by atoms with Gasteiger partial charge in [0.1, 0.15) is 6.07 Å². The molecule has 11 heavy (non-hydrogen) atoms. The first-order valence-electron chi connectivity index (χ1n) is 3.32. The Kier molecular flexibility index (Phi) is 2.40. The fraction of sp³-hybridized carbons (Fsp3) is 0.111. The summed E-state index contributed by atoms with van der Waals surface area (Å²) in [7, 11) is 0. The van der Waals surface area contributed by atoms with Gasteiger partial charge in [0.15, 0.2) is 0 Å². The molecule has 0 bridgehead atoms. The predicted molar refractivity (Wildman–Crippen MR) is 42.9 cm³/mol. The van der Waals surface area contributed by atoms with E-state index in [1.165, 1.54) is 0 Å². The molecule has 0 saturated carbocycles. The molecule has 2 heteroatoms. The highest BCUT2D eigenvalue weighted by atomic mass is 14.6. The van der Waals surface area contributed by atoms with Crippen molar-refractivity contribution in [1.29, 1.82) is 5.26 Å². The zero-order valence-electron chi connectivity index (χ0n) is 6.12. The van der Waals surface area contributed by atoms with E-state index < -0.39 is 0 Å². The molecule has 1 heterocycles. The van der Waals surface area contributed by atoms with Crippen molar-refractivity contribution in [1.82, 2.24) is 4.98 Å². The Hall–Kier alpha value is -1.62. The fourth-order valence-electron chi connectivity index (χ4n) is 0.857. The van der Waals surface area contributed by atoms with Crippen LogP contribution in [0.25, 0.3) is 0 Å². The van der Waals surface area contributed by atoms with Gasteiger partial charge in [0.25, 0.3) is 0 Å². The van der Waals surface area contributed by atoms with Gasteiger partial charge in [-0.15, -0.1) is 6.58 Å². The highest BCUT2D eigenvalue weighted by Crippen LogP contribution is 2.05. The lowest BCUT2D eigenvalue weighted by Crippen LogP contribution is -1.87. The Bertz CT molecular complexity index is 297. The Morgan fingerprint density at radius 3 is 3.18 bits per heavy atom. The van der Waals surface area contributed by atoms with Crippen molar-refractivity contribution in [2.24, 2.45) is 0 Å². The monoisotopic (exact) mass is 144 g/mol. The maximum atomic E-state index is 8.62. The molecule has 0 aliphatic carbocycles. The first kappa shape index (κ1) is 7.49. The third-order valence-corrected chi connectivity index (χ3v) is 1.40. The normalized spacial score (nSPS) is 8.64. The number of nitrogens with zero attached hydrogens (tertiary/aromatic N) is 2. The number of hydrogen-bond acceptors (Lipinski definition) is 2. The van der Waals surface area contributed by atoms with Gasteiger partial charge in [0, 0.05) is 12.4 Å². The van der Waals surface area contributed by atoms with Crippen molar-refractivity contribution >= 4 is 0 Å². The molecular weight excluding hydrogens is 136 g/mol. The minimum absolute atomic E-state index is 0.632. The second-order valence-corrected chi connectivity index (χ2v) is 2.14. The van der Waals surface area contributed by atoms with Gasteiger partial charge >= 0.3 is 0 Å². The van der Waals surface area contributed by atoms with Crippen LogP contribution in [0.15, 0.2) is 31.1 Å². The molecule has 0 aliphatic rings. The van der Waals surface area contributed by atoms with Crippen LogP contribution in [0, 0.1) is 11.3 Å². The zero-order chi connectivity index (χ0) is 8.10. The van der Waals surface area contributed by atoms with Crippen LogP contribution >= 0.6 is 0 Å². The molecule has 54 valence electrons. The Morgan fingerprint density at radius 1 is 1.73 bits per heavy atom. The summed E-state index contributed by atoms with van der Waals surface area (Å²) in [5.74, 6) is 0. The molecule has 2 nitrogen and oxygen atoms in total. The average molecular weight is 144 g/mol. The summed E-state index contributed by atoms with van der Waals surface area (Å²) in [6, 6.07) is 3.90. The molecule has 0 spiro atoms. The van der Waals surface area contributed by atoms with Crippen LogP contribution in [-0.2, 0) is 6.42 Å². The summed E-state index contributed by atoms with van der Waals surface area (Å²) in [5, 5.41) is 8.62. The zero-order valence-corrected chi connectivity index (χ0v) is 6.12. The van der Waals surface area contributed by atoms with Crippen molar-refractivity contribution < 1.29 is 0 Å². The first-order valence-corrected chi connectivity index (χ1v) is 3.32. The van der Waals surface area contributed by atoms with Gasteiger partial charge in [-0.1, -0.05) is 6.08 Å². The number of aromatic nitrogens is 1. The molecule has 1 aromatic heterocycles. The molecule has 0 atom stereocenters. The average Bonchev–Trinajstić information content (AvgIpc) is 2.06. The fourth-order valence-corrected chi connectivity index (χ4v) is 0.857. The maximum absolute atomic E-state index is 8.62. The van der Waals surface area contributed by atoms with E-state index in [-0.39, 0.29) is 0 Å². The predicted octanol–water partition coefficient (Wildman–Crippen LogP) is 1.68. The summed E-state index contributed by atoms with van der Waals surface area (Å²) in [6.45, 7) is 3.60. The lowest BCUT2D eigenvalue weighted by Gasteiger charge is -1.96. The van der Waals surface area contributed by atoms with Gasteiger partial charge in [-0.2, -0.15) is 5.26 Å². The van der Waals surface area contributed by atoms with Crippen molar-refractivity contribution in [3.8, 4) is 6.07 Å². The second-order valence-electron chi connectivity index (χ2n) is 2.14. The van der Waals surface area contributed by atoms with Crippen LogP contribution < -0.4 is 0 Å². The highest BCUT2D eigenvalue weighted by molar-refractivity contribution is 5.35. The second kappa shape index (κ2) is 3.52. The summed E-state index contributed by atoms with van der Waals surface area (Å²) in [4.78, 5) is 3.84. The molecule has 0 aromatic carbocycles. The maximum Gasteiger partial charge on any atom is 0.101 e. The molecule has 0 N–H and O–H groups in total. The van der Waals surface area contributed by atoms with E-state index in [4.69, 9.17) is 5.26 Å². The molecule has 0 aliphatic heterocycles.